The Bertz CT molecular complexity index is 963. The molecule has 2 amide bonds. The third-order valence-corrected chi connectivity index (χ3v) is 5.53. The standard InChI is InChI=1S/C19H15ClF2N2O2/c1-9-2-5-12(21)16(22)15(9)17-19(7-6-14(25)24-17)11-4-3-10(20)8-13(11)23-18(19)26/h2-5,8,17H,6-7H2,1H3,(H,23,26)(H,24,25)/t17-,19-/m1/s1. The number of hydrogen-bond donors (Lipinski definition) is 2. The molecule has 2 N–H and O–H groups in total. The van der Waals surface area contributed by atoms with Crippen LogP contribution in [0.5, 0.6) is 0 Å². The van der Waals surface area contributed by atoms with Crippen molar-refractivity contribution in [1.82, 2.24) is 5.32 Å². The van der Waals surface area contributed by atoms with E-state index in [2.05, 4.69) is 10.6 Å². The summed E-state index contributed by atoms with van der Waals surface area (Å²) in [4.78, 5) is 25.1. The molecule has 2 aliphatic rings. The van der Waals surface area contributed by atoms with E-state index in [0.717, 1.165) is 6.07 Å². The van der Waals surface area contributed by atoms with Crippen LogP contribution in [0, 0.1) is 18.6 Å². The summed E-state index contributed by atoms with van der Waals surface area (Å²) in [5, 5.41) is 5.95. The van der Waals surface area contributed by atoms with Gasteiger partial charge in [-0.25, -0.2) is 8.78 Å². The number of halogens is 3. The topological polar surface area (TPSA) is 58.2 Å². The average Bonchev–Trinajstić information content (AvgIpc) is 2.86. The molecule has 2 aromatic carbocycles. The van der Waals surface area contributed by atoms with E-state index in [1.54, 1.807) is 25.1 Å². The molecular formula is C19H15ClF2N2O2. The minimum atomic E-state index is -1.22. The van der Waals surface area contributed by atoms with Gasteiger partial charge in [-0.05, 0) is 42.7 Å². The minimum absolute atomic E-state index is 0.00370. The second-order valence-electron chi connectivity index (χ2n) is 6.71. The molecule has 0 aromatic heterocycles. The van der Waals surface area contributed by atoms with Gasteiger partial charge in [-0.15, -0.1) is 0 Å². The first kappa shape index (κ1) is 17.0. The summed E-state index contributed by atoms with van der Waals surface area (Å²) in [5.41, 5.74) is 0.396. The maximum Gasteiger partial charge on any atom is 0.237 e. The van der Waals surface area contributed by atoms with Gasteiger partial charge in [0.1, 0.15) is 5.41 Å². The van der Waals surface area contributed by atoms with E-state index in [4.69, 9.17) is 11.6 Å². The molecule has 0 aliphatic carbocycles. The Morgan fingerprint density at radius 2 is 1.96 bits per heavy atom. The van der Waals surface area contributed by atoms with Crippen molar-refractivity contribution < 1.29 is 18.4 Å². The predicted octanol–water partition coefficient (Wildman–Crippen LogP) is 3.77. The number of hydrogen-bond acceptors (Lipinski definition) is 2. The largest absolute Gasteiger partial charge is 0.348 e. The van der Waals surface area contributed by atoms with E-state index >= 15 is 0 Å². The van der Waals surface area contributed by atoms with Crippen molar-refractivity contribution in [3.8, 4) is 0 Å². The van der Waals surface area contributed by atoms with Gasteiger partial charge in [-0.3, -0.25) is 9.59 Å². The SMILES string of the molecule is Cc1ccc(F)c(F)c1[C@H]1NC(=O)CC[C@]12C(=O)Nc1cc(Cl)ccc12. The van der Waals surface area contributed by atoms with Gasteiger partial charge in [-0.2, -0.15) is 0 Å². The van der Waals surface area contributed by atoms with Gasteiger partial charge in [0.2, 0.25) is 11.8 Å². The molecule has 0 radical (unpaired) electrons. The highest BCUT2D eigenvalue weighted by atomic mass is 35.5. The molecule has 2 aliphatic heterocycles. The minimum Gasteiger partial charge on any atom is -0.348 e. The summed E-state index contributed by atoms with van der Waals surface area (Å²) >= 11 is 6.02. The molecule has 0 bridgehead atoms. The van der Waals surface area contributed by atoms with E-state index in [9.17, 15) is 18.4 Å². The lowest BCUT2D eigenvalue weighted by molar-refractivity contribution is -0.130. The number of benzene rings is 2. The van der Waals surface area contributed by atoms with Crippen molar-refractivity contribution in [2.45, 2.75) is 31.2 Å². The average molecular weight is 377 g/mol. The molecule has 1 spiro atoms. The number of anilines is 1. The van der Waals surface area contributed by atoms with Gasteiger partial charge in [-0.1, -0.05) is 23.7 Å². The van der Waals surface area contributed by atoms with Crippen molar-refractivity contribution in [3.63, 3.8) is 0 Å². The molecule has 1 saturated heterocycles. The second kappa shape index (κ2) is 5.77. The van der Waals surface area contributed by atoms with E-state index in [0.29, 0.717) is 21.8 Å². The van der Waals surface area contributed by atoms with Gasteiger partial charge in [0.15, 0.2) is 11.6 Å². The fourth-order valence-corrected chi connectivity index (χ4v) is 4.22. The van der Waals surface area contributed by atoms with Crippen LogP contribution < -0.4 is 10.6 Å². The predicted molar refractivity (Wildman–Crippen MR) is 93.0 cm³/mol. The maximum atomic E-state index is 14.7. The first-order valence-electron chi connectivity index (χ1n) is 8.20. The molecule has 2 heterocycles. The number of amides is 2. The Morgan fingerprint density at radius 3 is 2.73 bits per heavy atom. The third-order valence-electron chi connectivity index (χ3n) is 5.30. The summed E-state index contributed by atoms with van der Waals surface area (Å²) in [6, 6.07) is 6.43. The zero-order valence-electron chi connectivity index (χ0n) is 13.8. The number of piperidine rings is 1. The molecule has 0 unspecified atom stereocenters. The van der Waals surface area contributed by atoms with Crippen LogP contribution in [0.3, 0.4) is 0 Å². The highest BCUT2D eigenvalue weighted by Gasteiger charge is 2.56. The molecule has 2 atom stereocenters. The number of rotatable bonds is 1. The first-order valence-corrected chi connectivity index (χ1v) is 8.58. The van der Waals surface area contributed by atoms with Crippen LogP contribution in [-0.4, -0.2) is 11.8 Å². The summed E-state index contributed by atoms with van der Waals surface area (Å²) in [7, 11) is 0. The zero-order valence-corrected chi connectivity index (χ0v) is 14.6. The normalized spacial score (nSPS) is 24.4. The lowest BCUT2D eigenvalue weighted by Gasteiger charge is -2.41. The quantitative estimate of drug-likeness (QED) is 0.796. The summed E-state index contributed by atoms with van der Waals surface area (Å²) < 4.78 is 28.6. The van der Waals surface area contributed by atoms with Gasteiger partial charge < -0.3 is 10.6 Å². The zero-order chi connectivity index (χ0) is 18.6. The smallest absolute Gasteiger partial charge is 0.237 e. The van der Waals surface area contributed by atoms with Crippen LogP contribution in [-0.2, 0) is 15.0 Å². The van der Waals surface area contributed by atoms with Crippen LogP contribution in [0.4, 0.5) is 14.5 Å². The number of aryl methyl sites for hydroxylation is 1. The van der Waals surface area contributed by atoms with Crippen molar-refractivity contribution in [2.24, 2.45) is 0 Å². The van der Waals surface area contributed by atoms with Crippen molar-refractivity contribution >= 4 is 29.1 Å². The second-order valence-corrected chi connectivity index (χ2v) is 7.14. The van der Waals surface area contributed by atoms with Crippen LogP contribution in [0.1, 0.15) is 35.6 Å². The molecule has 7 heteroatoms. The number of carbonyl (C=O) groups is 2. The van der Waals surface area contributed by atoms with E-state index in [-0.39, 0.29) is 30.2 Å². The fourth-order valence-electron chi connectivity index (χ4n) is 4.05. The Labute approximate surface area is 153 Å². The van der Waals surface area contributed by atoms with Crippen LogP contribution >= 0.6 is 11.6 Å². The molecule has 2 aromatic rings. The molecule has 4 nitrogen and oxygen atoms in total. The third kappa shape index (κ3) is 2.25. The van der Waals surface area contributed by atoms with Gasteiger partial charge in [0, 0.05) is 22.7 Å². The van der Waals surface area contributed by atoms with Gasteiger partial charge >= 0.3 is 0 Å². The van der Waals surface area contributed by atoms with E-state index in [1.807, 2.05) is 0 Å². The number of carbonyl (C=O) groups excluding carboxylic acids is 2. The highest BCUT2D eigenvalue weighted by Crippen LogP contribution is 2.52. The summed E-state index contributed by atoms with van der Waals surface area (Å²) in [5.74, 6) is -2.73. The molecule has 1 fully saturated rings. The van der Waals surface area contributed by atoms with Crippen LogP contribution in [0.15, 0.2) is 30.3 Å². The van der Waals surface area contributed by atoms with Crippen molar-refractivity contribution in [1.29, 1.82) is 0 Å². The Balaban J connectivity index is 1.98. The Morgan fingerprint density at radius 1 is 1.19 bits per heavy atom. The van der Waals surface area contributed by atoms with Crippen LogP contribution in [0.25, 0.3) is 0 Å². The monoisotopic (exact) mass is 376 g/mol. The lowest BCUT2D eigenvalue weighted by atomic mass is 9.67. The summed E-state index contributed by atoms with van der Waals surface area (Å²) in [6.45, 7) is 1.63. The molecular weight excluding hydrogens is 362 g/mol. The van der Waals surface area contributed by atoms with Crippen molar-refractivity contribution in [2.75, 3.05) is 5.32 Å². The van der Waals surface area contributed by atoms with Gasteiger partial charge in [0.25, 0.3) is 0 Å². The number of nitrogens with one attached hydrogen (secondary N) is 2. The first-order chi connectivity index (χ1) is 12.3. The van der Waals surface area contributed by atoms with E-state index in [1.165, 1.54) is 6.07 Å². The molecule has 26 heavy (non-hydrogen) atoms. The lowest BCUT2D eigenvalue weighted by Crippen LogP contribution is -2.53. The molecule has 0 saturated carbocycles. The van der Waals surface area contributed by atoms with Gasteiger partial charge in [0.05, 0.1) is 6.04 Å². The highest BCUT2D eigenvalue weighted by molar-refractivity contribution is 6.31. The van der Waals surface area contributed by atoms with Crippen LogP contribution in [0.2, 0.25) is 5.02 Å². The maximum absolute atomic E-state index is 14.7. The Kier molecular flexibility index (Phi) is 3.77. The summed E-state index contributed by atoms with van der Waals surface area (Å²) in [6.07, 6.45) is 0.307. The van der Waals surface area contributed by atoms with E-state index < -0.39 is 23.1 Å². The Hall–Kier alpha value is -2.47. The molecule has 4 rings (SSSR count). The fraction of sp³-hybridized carbons (Fsp3) is 0.263. The van der Waals surface area contributed by atoms with Crippen molar-refractivity contribution in [3.05, 3.63) is 63.7 Å². The molecule has 134 valence electrons. The number of fused-ring (bicyclic) bond motifs is 2.